The van der Waals surface area contributed by atoms with Crippen LogP contribution in [0.2, 0.25) is 0 Å². The van der Waals surface area contributed by atoms with Crippen LogP contribution in [-0.4, -0.2) is 33.0 Å². The number of hydrogen-bond acceptors (Lipinski definition) is 4. The summed E-state index contributed by atoms with van der Waals surface area (Å²) in [6, 6.07) is 3.18. The fraction of sp³-hybridized carbons (Fsp3) is 0.500. The second-order valence-electron chi connectivity index (χ2n) is 6.03. The summed E-state index contributed by atoms with van der Waals surface area (Å²) in [5, 5.41) is 0. The highest BCUT2D eigenvalue weighted by Crippen LogP contribution is 2.40. The van der Waals surface area contributed by atoms with Gasteiger partial charge < -0.3 is 15.4 Å². The number of fused-ring (bicyclic) bond motifs is 1. The first-order chi connectivity index (χ1) is 11.5. The average molecular weight is 337 g/mol. The van der Waals surface area contributed by atoms with Gasteiger partial charge in [0.05, 0.1) is 12.2 Å². The van der Waals surface area contributed by atoms with Gasteiger partial charge in [-0.3, -0.25) is 4.99 Å². The van der Waals surface area contributed by atoms with E-state index in [9.17, 15) is 8.78 Å². The fourth-order valence-electron chi connectivity index (χ4n) is 2.80. The molecule has 1 aromatic carbocycles. The van der Waals surface area contributed by atoms with Gasteiger partial charge >= 0.3 is 0 Å². The number of alkyl halides is 2. The van der Waals surface area contributed by atoms with Crippen LogP contribution in [0.3, 0.4) is 0 Å². The first-order valence-electron chi connectivity index (χ1n) is 8.20. The van der Waals surface area contributed by atoms with Crippen molar-refractivity contribution in [1.82, 2.24) is 0 Å². The summed E-state index contributed by atoms with van der Waals surface area (Å²) in [4.78, 5) is 6.02. The summed E-state index contributed by atoms with van der Waals surface area (Å²) in [7, 11) is 1.58. The van der Waals surface area contributed by atoms with E-state index in [1.807, 2.05) is 0 Å². The molecule has 2 N–H and O–H groups in total. The highest BCUT2D eigenvalue weighted by atomic mass is 19.3. The normalized spacial score (nSPS) is 16.4. The van der Waals surface area contributed by atoms with Crippen LogP contribution in [0.25, 0.3) is 5.57 Å². The summed E-state index contributed by atoms with van der Waals surface area (Å²) in [6.07, 6.45) is 1.21. The first kappa shape index (κ1) is 18.2. The van der Waals surface area contributed by atoms with E-state index in [0.717, 1.165) is 18.7 Å². The van der Waals surface area contributed by atoms with Crippen LogP contribution in [0.1, 0.15) is 37.8 Å². The molecule has 0 aliphatic carbocycles. The maximum atomic E-state index is 13.6. The Labute approximate surface area is 142 Å². The standard InChI is InChI=1S/C18H25F2N3O/c1-4-12(2)11-23-5-6-24-17-8-14(13(9-21)10-22-3)15(18(19)20)7-16(17)23/h7-10,12,18H,4-6,11,21H2,1-3H3. The van der Waals surface area contributed by atoms with Crippen molar-refractivity contribution in [2.24, 2.45) is 16.6 Å². The molecule has 0 bridgehead atoms. The SMILES string of the molecule is CCC(C)CN1CCOc2cc(C(C=NC)=CN)c(C(F)F)cc21. The van der Waals surface area contributed by atoms with Crippen molar-refractivity contribution < 1.29 is 13.5 Å². The summed E-state index contributed by atoms with van der Waals surface area (Å²) < 4.78 is 33.0. The number of anilines is 1. The third kappa shape index (κ3) is 3.86. The zero-order chi connectivity index (χ0) is 17.7. The molecule has 0 aromatic heterocycles. The number of allylic oxidation sites excluding steroid dienone is 1. The number of hydrogen-bond donors (Lipinski definition) is 1. The minimum absolute atomic E-state index is 0.0509. The van der Waals surface area contributed by atoms with Crippen LogP contribution in [0.15, 0.2) is 23.3 Å². The summed E-state index contributed by atoms with van der Waals surface area (Å²) >= 11 is 0. The van der Waals surface area contributed by atoms with Crippen molar-refractivity contribution in [3.63, 3.8) is 0 Å². The molecule has 24 heavy (non-hydrogen) atoms. The van der Waals surface area contributed by atoms with Crippen molar-refractivity contribution in [1.29, 1.82) is 0 Å². The summed E-state index contributed by atoms with van der Waals surface area (Å²) in [5.41, 5.74) is 7.09. The van der Waals surface area contributed by atoms with Gasteiger partial charge in [-0.25, -0.2) is 8.78 Å². The van der Waals surface area contributed by atoms with E-state index in [-0.39, 0.29) is 5.56 Å². The third-order valence-corrected chi connectivity index (χ3v) is 4.31. The van der Waals surface area contributed by atoms with E-state index in [1.165, 1.54) is 18.5 Å². The molecule has 4 nitrogen and oxygen atoms in total. The number of nitrogens with two attached hydrogens (primary N) is 1. The van der Waals surface area contributed by atoms with E-state index >= 15 is 0 Å². The lowest BCUT2D eigenvalue weighted by Crippen LogP contribution is -2.36. The number of halogens is 2. The molecule has 1 aromatic rings. The lowest BCUT2D eigenvalue weighted by Gasteiger charge is -2.34. The van der Waals surface area contributed by atoms with Crippen LogP contribution in [0, 0.1) is 5.92 Å². The first-order valence-corrected chi connectivity index (χ1v) is 8.20. The van der Waals surface area contributed by atoms with Crippen molar-refractivity contribution in [3.05, 3.63) is 29.5 Å². The molecule has 2 rings (SSSR count). The maximum Gasteiger partial charge on any atom is 0.264 e. The molecule has 0 radical (unpaired) electrons. The van der Waals surface area contributed by atoms with Crippen molar-refractivity contribution >= 4 is 17.5 Å². The minimum atomic E-state index is -2.60. The Kier molecular flexibility index (Phi) is 6.17. The number of benzene rings is 1. The molecule has 6 heteroatoms. The van der Waals surface area contributed by atoms with Crippen LogP contribution in [0.5, 0.6) is 5.75 Å². The highest BCUT2D eigenvalue weighted by molar-refractivity contribution is 6.10. The van der Waals surface area contributed by atoms with Crippen LogP contribution in [0.4, 0.5) is 14.5 Å². The molecule has 0 spiro atoms. The highest BCUT2D eigenvalue weighted by Gasteiger charge is 2.25. The second kappa shape index (κ2) is 8.13. The Morgan fingerprint density at radius 1 is 1.46 bits per heavy atom. The lowest BCUT2D eigenvalue weighted by atomic mass is 9.98. The third-order valence-electron chi connectivity index (χ3n) is 4.31. The van der Waals surface area contributed by atoms with Gasteiger partial charge in [-0.2, -0.15) is 0 Å². The predicted molar refractivity (Wildman–Crippen MR) is 95.1 cm³/mol. The van der Waals surface area contributed by atoms with E-state index in [0.29, 0.717) is 36.0 Å². The van der Waals surface area contributed by atoms with Crippen LogP contribution < -0.4 is 15.4 Å². The molecule has 0 amide bonds. The van der Waals surface area contributed by atoms with E-state index < -0.39 is 6.43 Å². The largest absolute Gasteiger partial charge is 0.490 e. The van der Waals surface area contributed by atoms with Gasteiger partial charge in [0.25, 0.3) is 6.43 Å². The van der Waals surface area contributed by atoms with Gasteiger partial charge in [-0.05, 0) is 23.6 Å². The molecule has 132 valence electrons. The number of nitrogens with zero attached hydrogens (tertiary/aromatic N) is 2. The molecule has 1 atom stereocenters. The Morgan fingerprint density at radius 2 is 2.21 bits per heavy atom. The minimum Gasteiger partial charge on any atom is -0.490 e. The molecule has 1 aliphatic heterocycles. The Balaban J connectivity index is 2.51. The molecule has 0 fully saturated rings. The molecule has 1 heterocycles. The van der Waals surface area contributed by atoms with Crippen molar-refractivity contribution in [2.45, 2.75) is 26.7 Å². The molecular weight excluding hydrogens is 312 g/mol. The second-order valence-corrected chi connectivity index (χ2v) is 6.03. The van der Waals surface area contributed by atoms with Crippen LogP contribution in [-0.2, 0) is 0 Å². The van der Waals surface area contributed by atoms with Crippen LogP contribution >= 0.6 is 0 Å². The molecule has 1 unspecified atom stereocenters. The monoisotopic (exact) mass is 337 g/mol. The van der Waals surface area contributed by atoms with E-state index in [2.05, 4.69) is 23.7 Å². The van der Waals surface area contributed by atoms with E-state index in [4.69, 9.17) is 10.5 Å². The zero-order valence-electron chi connectivity index (χ0n) is 14.4. The summed E-state index contributed by atoms with van der Waals surface area (Å²) in [5.74, 6) is 1.10. The number of rotatable bonds is 6. The Morgan fingerprint density at radius 3 is 2.79 bits per heavy atom. The van der Waals surface area contributed by atoms with Gasteiger partial charge in [0.2, 0.25) is 0 Å². The van der Waals surface area contributed by atoms with Gasteiger partial charge in [-0.15, -0.1) is 0 Å². The van der Waals surface area contributed by atoms with Crippen molar-refractivity contribution in [2.75, 3.05) is 31.6 Å². The fourth-order valence-corrected chi connectivity index (χ4v) is 2.80. The van der Waals surface area contributed by atoms with Crippen molar-refractivity contribution in [3.8, 4) is 5.75 Å². The lowest BCUT2D eigenvalue weighted by molar-refractivity contribution is 0.151. The topological polar surface area (TPSA) is 50.8 Å². The molecule has 0 saturated carbocycles. The molecule has 0 saturated heterocycles. The quantitative estimate of drug-likeness (QED) is 0.802. The number of ether oxygens (including phenoxy) is 1. The number of aliphatic imine (C=N–C) groups is 1. The average Bonchev–Trinajstić information content (AvgIpc) is 2.58. The molecular formula is C18H25F2N3O. The van der Waals surface area contributed by atoms with Gasteiger partial charge in [0, 0.05) is 37.1 Å². The Hall–Kier alpha value is -2.11. The van der Waals surface area contributed by atoms with Gasteiger partial charge in [0.15, 0.2) is 0 Å². The zero-order valence-corrected chi connectivity index (χ0v) is 14.4. The maximum absolute atomic E-state index is 13.6. The molecule has 1 aliphatic rings. The predicted octanol–water partition coefficient (Wildman–Crippen LogP) is 3.87. The van der Waals surface area contributed by atoms with E-state index in [1.54, 1.807) is 13.1 Å². The van der Waals surface area contributed by atoms with Gasteiger partial charge in [-0.1, -0.05) is 20.3 Å². The summed E-state index contributed by atoms with van der Waals surface area (Å²) in [6.45, 7) is 6.35. The van der Waals surface area contributed by atoms with Gasteiger partial charge in [0.1, 0.15) is 12.4 Å². The smallest absolute Gasteiger partial charge is 0.264 e. The Bertz CT molecular complexity index is 629.